The fourth-order valence-corrected chi connectivity index (χ4v) is 2.63. The van der Waals surface area contributed by atoms with Crippen molar-refractivity contribution in [2.75, 3.05) is 13.2 Å². The summed E-state index contributed by atoms with van der Waals surface area (Å²) in [5.74, 6) is 0.889. The van der Waals surface area contributed by atoms with Crippen molar-refractivity contribution < 1.29 is 4.74 Å². The van der Waals surface area contributed by atoms with Crippen LogP contribution in [-0.2, 0) is 4.74 Å². The predicted octanol–water partition coefficient (Wildman–Crippen LogP) is 6.56. The Morgan fingerprint density at radius 2 is 1.05 bits per heavy atom. The molecule has 0 N–H and O–H groups in total. The second-order valence-corrected chi connectivity index (χ2v) is 6.54. The van der Waals surface area contributed by atoms with Gasteiger partial charge < -0.3 is 4.74 Å². The first-order valence-electron chi connectivity index (χ1n) is 9.14. The van der Waals surface area contributed by atoms with Crippen molar-refractivity contribution in [3.8, 4) is 0 Å². The largest absolute Gasteiger partial charge is 0.381 e. The summed E-state index contributed by atoms with van der Waals surface area (Å²) in [7, 11) is 0. The lowest BCUT2D eigenvalue weighted by Gasteiger charge is -2.05. The maximum atomic E-state index is 5.24. The zero-order chi connectivity index (χ0) is 14.9. The Bertz CT molecular complexity index is 165. The van der Waals surface area contributed by atoms with Gasteiger partial charge in [-0.1, -0.05) is 90.9 Å². The minimum absolute atomic E-state index is 0.622. The molecule has 0 aliphatic heterocycles. The highest BCUT2D eigenvalue weighted by Crippen LogP contribution is 2.14. The van der Waals surface area contributed by atoms with Crippen LogP contribution in [0.15, 0.2) is 0 Å². The molecular formula is C19H39O. The number of unbranched alkanes of at least 4 members (excludes halogenated alkanes) is 11. The summed E-state index contributed by atoms with van der Waals surface area (Å²) < 4.78 is 5.24. The molecule has 1 radical (unpaired) electrons. The molecule has 20 heavy (non-hydrogen) atoms. The van der Waals surface area contributed by atoms with Crippen LogP contribution in [0.3, 0.4) is 0 Å². The highest BCUT2D eigenvalue weighted by Gasteiger charge is 1.95. The van der Waals surface area contributed by atoms with Crippen LogP contribution in [0.2, 0.25) is 0 Å². The van der Waals surface area contributed by atoms with Gasteiger partial charge >= 0.3 is 0 Å². The lowest BCUT2D eigenvalue weighted by Crippen LogP contribution is -1.93. The molecule has 0 amide bonds. The molecule has 0 aliphatic carbocycles. The van der Waals surface area contributed by atoms with Gasteiger partial charge in [0.05, 0.1) is 0 Å². The Hall–Kier alpha value is -0.0400. The minimum Gasteiger partial charge on any atom is -0.381 e. The van der Waals surface area contributed by atoms with E-state index >= 15 is 0 Å². The highest BCUT2D eigenvalue weighted by molar-refractivity contribution is 4.50. The maximum absolute atomic E-state index is 5.24. The summed E-state index contributed by atoms with van der Waals surface area (Å²) in [5.41, 5.74) is 0. The van der Waals surface area contributed by atoms with Gasteiger partial charge in [-0.2, -0.15) is 0 Å². The molecule has 1 nitrogen and oxygen atoms in total. The minimum atomic E-state index is 0.622. The summed E-state index contributed by atoms with van der Waals surface area (Å²) >= 11 is 0. The van der Waals surface area contributed by atoms with Gasteiger partial charge in [0.15, 0.2) is 0 Å². The first-order chi connectivity index (χ1) is 9.77. The smallest absolute Gasteiger partial charge is 0.0466 e. The number of rotatable bonds is 16. The Balaban J connectivity index is 2.92. The topological polar surface area (TPSA) is 9.23 Å². The van der Waals surface area contributed by atoms with Crippen molar-refractivity contribution in [1.82, 2.24) is 0 Å². The first-order valence-corrected chi connectivity index (χ1v) is 9.14. The quantitative estimate of drug-likeness (QED) is 0.291. The second-order valence-electron chi connectivity index (χ2n) is 6.54. The molecule has 0 saturated heterocycles. The van der Waals surface area contributed by atoms with E-state index in [1.807, 2.05) is 0 Å². The lowest BCUT2D eigenvalue weighted by atomic mass is 10.0. The maximum Gasteiger partial charge on any atom is 0.0466 e. The summed E-state index contributed by atoms with van der Waals surface area (Å²) in [6.45, 7) is 9.85. The van der Waals surface area contributed by atoms with E-state index in [9.17, 15) is 0 Å². The standard InChI is InChI=1S/C19H39O/c1-4-20-18-16-14-12-10-8-6-5-7-9-11-13-15-17-19(2)3/h19H,1,4-18H2,2-3H3. The molecule has 121 valence electrons. The van der Waals surface area contributed by atoms with E-state index in [0.29, 0.717) is 6.61 Å². The fourth-order valence-electron chi connectivity index (χ4n) is 2.63. The van der Waals surface area contributed by atoms with Crippen molar-refractivity contribution >= 4 is 0 Å². The molecule has 0 heterocycles. The zero-order valence-electron chi connectivity index (χ0n) is 14.3. The van der Waals surface area contributed by atoms with Crippen LogP contribution >= 0.6 is 0 Å². The Kier molecular flexibility index (Phi) is 17.0. The van der Waals surface area contributed by atoms with Crippen LogP contribution in [0.25, 0.3) is 0 Å². The van der Waals surface area contributed by atoms with Gasteiger partial charge in [-0.15, -0.1) is 0 Å². The van der Waals surface area contributed by atoms with Crippen molar-refractivity contribution in [3.05, 3.63) is 6.92 Å². The van der Waals surface area contributed by atoms with E-state index in [1.165, 1.54) is 83.5 Å². The Morgan fingerprint density at radius 1 is 0.650 bits per heavy atom. The fraction of sp³-hybridized carbons (Fsp3) is 0.947. The zero-order valence-corrected chi connectivity index (χ0v) is 14.3. The van der Waals surface area contributed by atoms with Gasteiger partial charge in [0.25, 0.3) is 0 Å². The predicted molar refractivity (Wildman–Crippen MR) is 91.0 cm³/mol. The third-order valence-corrected chi connectivity index (χ3v) is 3.96. The van der Waals surface area contributed by atoms with Gasteiger partial charge in [0.2, 0.25) is 0 Å². The van der Waals surface area contributed by atoms with Crippen LogP contribution in [0.1, 0.15) is 97.3 Å². The summed E-state index contributed by atoms with van der Waals surface area (Å²) in [5, 5.41) is 0. The van der Waals surface area contributed by atoms with E-state index < -0.39 is 0 Å². The number of hydrogen-bond acceptors (Lipinski definition) is 1. The molecule has 0 spiro atoms. The van der Waals surface area contributed by atoms with Crippen LogP contribution in [0.4, 0.5) is 0 Å². The van der Waals surface area contributed by atoms with Gasteiger partial charge in [-0.25, -0.2) is 0 Å². The highest BCUT2D eigenvalue weighted by atomic mass is 16.5. The average molecular weight is 284 g/mol. The Labute approximate surface area is 128 Å². The van der Waals surface area contributed by atoms with Crippen LogP contribution in [0.5, 0.6) is 0 Å². The Morgan fingerprint density at radius 3 is 1.45 bits per heavy atom. The molecule has 0 bridgehead atoms. The van der Waals surface area contributed by atoms with Gasteiger partial charge in [-0.05, 0) is 19.3 Å². The van der Waals surface area contributed by atoms with Crippen molar-refractivity contribution in [2.24, 2.45) is 5.92 Å². The molecule has 0 fully saturated rings. The number of hydrogen-bond donors (Lipinski definition) is 0. The first kappa shape index (κ1) is 20.0. The molecular weight excluding hydrogens is 244 g/mol. The third kappa shape index (κ3) is 18.0. The molecule has 0 aromatic rings. The molecule has 0 aromatic carbocycles. The molecule has 0 unspecified atom stereocenters. The molecule has 0 saturated carbocycles. The second kappa shape index (κ2) is 17.0. The van der Waals surface area contributed by atoms with Crippen LogP contribution in [-0.4, -0.2) is 13.2 Å². The SMILES string of the molecule is [CH2]COCCCCCCCCCCCCCCC(C)C. The van der Waals surface area contributed by atoms with Gasteiger partial charge in [-0.3, -0.25) is 0 Å². The van der Waals surface area contributed by atoms with E-state index in [-0.39, 0.29) is 0 Å². The van der Waals surface area contributed by atoms with Crippen LogP contribution in [0, 0.1) is 12.8 Å². The van der Waals surface area contributed by atoms with Gasteiger partial charge in [0.1, 0.15) is 0 Å². The number of ether oxygens (including phenoxy) is 1. The third-order valence-electron chi connectivity index (χ3n) is 3.96. The summed E-state index contributed by atoms with van der Waals surface area (Å²) in [6.07, 6.45) is 18.4. The van der Waals surface area contributed by atoms with Crippen molar-refractivity contribution in [2.45, 2.75) is 97.3 Å². The summed E-state index contributed by atoms with van der Waals surface area (Å²) in [4.78, 5) is 0. The van der Waals surface area contributed by atoms with E-state index in [0.717, 1.165) is 12.5 Å². The molecule has 0 atom stereocenters. The van der Waals surface area contributed by atoms with E-state index in [1.54, 1.807) is 0 Å². The lowest BCUT2D eigenvalue weighted by molar-refractivity contribution is 0.156. The molecule has 0 aromatic heterocycles. The summed E-state index contributed by atoms with van der Waals surface area (Å²) in [6, 6.07) is 0. The molecule has 0 aliphatic rings. The monoisotopic (exact) mass is 283 g/mol. The van der Waals surface area contributed by atoms with Gasteiger partial charge in [0, 0.05) is 13.2 Å². The van der Waals surface area contributed by atoms with Crippen molar-refractivity contribution in [3.63, 3.8) is 0 Å². The molecule has 1 heteroatoms. The average Bonchev–Trinajstić information content (AvgIpc) is 2.43. The normalized spacial score (nSPS) is 11.4. The van der Waals surface area contributed by atoms with E-state index in [2.05, 4.69) is 20.8 Å². The van der Waals surface area contributed by atoms with Crippen molar-refractivity contribution in [1.29, 1.82) is 0 Å². The van der Waals surface area contributed by atoms with E-state index in [4.69, 9.17) is 4.74 Å². The van der Waals surface area contributed by atoms with Crippen LogP contribution < -0.4 is 0 Å². The molecule has 0 rings (SSSR count).